The van der Waals surface area contributed by atoms with Crippen molar-refractivity contribution in [2.24, 2.45) is 5.92 Å². The molecule has 1 aromatic carbocycles. The summed E-state index contributed by atoms with van der Waals surface area (Å²) in [6.45, 7) is 6.25. The van der Waals surface area contributed by atoms with Gasteiger partial charge in [-0.1, -0.05) is 0 Å². The van der Waals surface area contributed by atoms with E-state index in [-0.39, 0.29) is 56.7 Å². The smallest absolute Gasteiger partial charge is 0.412 e. The first-order valence-corrected chi connectivity index (χ1v) is 14.8. The Labute approximate surface area is 250 Å². The fourth-order valence-corrected chi connectivity index (χ4v) is 7.76. The van der Waals surface area contributed by atoms with Crippen molar-refractivity contribution >= 4 is 49.4 Å². The third-order valence-corrected chi connectivity index (χ3v) is 9.54. The van der Waals surface area contributed by atoms with Gasteiger partial charge in [-0.05, 0) is 58.3 Å². The zero-order valence-electron chi connectivity index (χ0n) is 24.3. The molecule has 10 nitrogen and oxygen atoms in total. The molecule has 4 aromatic rings. The number of carbonyl (C=O) groups excluding carboxylic acids is 1. The van der Waals surface area contributed by atoms with Gasteiger partial charge in [0.05, 0.1) is 35.4 Å². The summed E-state index contributed by atoms with van der Waals surface area (Å²) in [5.74, 6) is -0.367. The molecule has 3 aromatic heterocycles. The molecular formula is C30H29F2N7O3S. The van der Waals surface area contributed by atoms with Gasteiger partial charge in [0.2, 0.25) is 5.95 Å². The maximum absolute atomic E-state index is 16.8. The van der Waals surface area contributed by atoms with Gasteiger partial charge in [-0.15, -0.1) is 11.3 Å². The summed E-state index contributed by atoms with van der Waals surface area (Å²) in [7, 11) is 4.13. The average molecular weight is 606 g/mol. The van der Waals surface area contributed by atoms with Gasteiger partial charge in [-0.25, -0.2) is 23.5 Å². The molecule has 2 bridgehead atoms. The number of ether oxygens (including phenoxy) is 2. The molecule has 3 aliphatic heterocycles. The first kappa shape index (κ1) is 27.8. The van der Waals surface area contributed by atoms with E-state index in [1.54, 1.807) is 27.0 Å². The maximum Gasteiger partial charge on any atom is 0.412 e. The van der Waals surface area contributed by atoms with Crippen molar-refractivity contribution in [1.29, 1.82) is 5.26 Å². The van der Waals surface area contributed by atoms with Crippen LogP contribution in [-0.2, 0) is 22.7 Å². The number of anilines is 2. The highest BCUT2D eigenvalue weighted by molar-refractivity contribution is 7.23. The Balaban J connectivity index is 1.40. The quantitative estimate of drug-likeness (QED) is 0.319. The largest absolute Gasteiger partial charge is 0.444 e. The van der Waals surface area contributed by atoms with E-state index >= 15 is 8.78 Å². The number of nitriles is 1. The Bertz CT molecular complexity index is 1880. The molecule has 0 spiro atoms. The number of pyridine rings is 1. The lowest BCUT2D eigenvalue weighted by Gasteiger charge is -2.40. The van der Waals surface area contributed by atoms with Gasteiger partial charge < -0.3 is 19.3 Å². The zero-order valence-corrected chi connectivity index (χ0v) is 25.1. The number of halogens is 2. The van der Waals surface area contributed by atoms with Crippen molar-refractivity contribution in [2.75, 3.05) is 30.9 Å². The van der Waals surface area contributed by atoms with Crippen LogP contribution < -0.4 is 10.2 Å². The van der Waals surface area contributed by atoms with E-state index in [2.05, 4.69) is 45.2 Å². The molecular weight excluding hydrogens is 576 g/mol. The molecule has 0 radical (unpaired) electrons. The lowest BCUT2D eigenvalue weighted by atomic mass is 9.79. The molecule has 4 aliphatic rings. The number of thiophene rings is 1. The predicted octanol–water partition coefficient (Wildman–Crippen LogP) is 5.57. The fraction of sp³-hybridized carbons (Fsp3) is 0.433. The SMILES string of the molecule is CN(C)[C@H]1[C@@H]2C[C@H]1N(c1ncc3c4c(c(-c5ncc(F)c6sc(NC(=O)OC(C)(C)C)c(C#N)c56)c(F)c3n1)COC4)C2. The highest BCUT2D eigenvalue weighted by atomic mass is 32.1. The summed E-state index contributed by atoms with van der Waals surface area (Å²) >= 11 is 0.868. The molecule has 1 N–H and O–H groups in total. The molecule has 3 fully saturated rings. The van der Waals surface area contributed by atoms with Crippen molar-refractivity contribution < 1.29 is 23.0 Å². The Morgan fingerprint density at radius 2 is 2.00 bits per heavy atom. The molecule has 1 aliphatic carbocycles. The number of hydrogen-bond donors (Lipinski definition) is 1. The van der Waals surface area contributed by atoms with Gasteiger partial charge in [-0.3, -0.25) is 10.3 Å². The maximum atomic E-state index is 16.8. The molecule has 8 rings (SSSR count). The summed E-state index contributed by atoms with van der Waals surface area (Å²) in [6, 6.07) is 2.72. The van der Waals surface area contributed by atoms with Crippen molar-refractivity contribution in [3.05, 3.63) is 40.7 Å². The van der Waals surface area contributed by atoms with Crippen LogP contribution in [0.2, 0.25) is 0 Å². The Morgan fingerprint density at radius 3 is 2.70 bits per heavy atom. The van der Waals surface area contributed by atoms with Gasteiger partial charge in [0.1, 0.15) is 22.2 Å². The molecule has 2 saturated heterocycles. The van der Waals surface area contributed by atoms with Gasteiger partial charge in [0, 0.05) is 41.2 Å². The van der Waals surface area contributed by atoms with Crippen LogP contribution in [0.4, 0.5) is 24.5 Å². The van der Waals surface area contributed by atoms with Crippen LogP contribution in [0.5, 0.6) is 0 Å². The van der Waals surface area contributed by atoms with Gasteiger partial charge in [0.15, 0.2) is 11.6 Å². The fourth-order valence-electron chi connectivity index (χ4n) is 6.73. The van der Waals surface area contributed by atoms with E-state index in [1.807, 2.05) is 0 Å². The number of carbonyl (C=O) groups is 1. The van der Waals surface area contributed by atoms with Gasteiger partial charge >= 0.3 is 6.09 Å². The Morgan fingerprint density at radius 1 is 1.23 bits per heavy atom. The Hall–Kier alpha value is -3.99. The first-order chi connectivity index (χ1) is 20.5. The number of fused-ring (bicyclic) bond motifs is 5. The number of nitrogens with zero attached hydrogens (tertiary/aromatic N) is 6. The van der Waals surface area contributed by atoms with E-state index in [0.29, 0.717) is 28.9 Å². The summed E-state index contributed by atoms with van der Waals surface area (Å²) in [5.41, 5.74) is 0.766. The van der Waals surface area contributed by atoms with Gasteiger partial charge in [-0.2, -0.15) is 5.26 Å². The van der Waals surface area contributed by atoms with Crippen LogP contribution in [0.3, 0.4) is 0 Å². The highest BCUT2D eigenvalue weighted by Crippen LogP contribution is 2.47. The van der Waals surface area contributed by atoms with E-state index in [0.717, 1.165) is 36.1 Å². The third kappa shape index (κ3) is 4.30. The summed E-state index contributed by atoms with van der Waals surface area (Å²) in [4.78, 5) is 30.6. The second-order valence-electron chi connectivity index (χ2n) is 12.4. The topological polar surface area (TPSA) is 116 Å². The van der Waals surface area contributed by atoms with E-state index in [1.165, 1.54) is 0 Å². The molecule has 1 saturated carbocycles. The second kappa shape index (κ2) is 9.77. The molecule has 0 unspecified atom stereocenters. The summed E-state index contributed by atoms with van der Waals surface area (Å²) in [5, 5.41) is 13.5. The normalized spacial score (nSPS) is 20.9. The molecule has 6 heterocycles. The lowest BCUT2D eigenvalue weighted by Crippen LogP contribution is -2.52. The molecule has 43 heavy (non-hydrogen) atoms. The van der Waals surface area contributed by atoms with Crippen LogP contribution in [0.25, 0.3) is 32.2 Å². The van der Waals surface area contributed by atoms with E-state index < -0.39 is 23.3 Å². The van der Waals surface area contributed by atoms with Crippen molar-refractivity contribution in [2.45, 2.75) is 58.1 Å². The Kier molecular flexibility index (Phi) is 6.32. The second-order valence-corrected chi connectivity index (χ2v) is 13.5. The van der Waals surface area contributed by atoms with E-state index in [9.17, 15) is 10.1 Å². The number of benzene rings is 1. The number of nitrogens with one attached hydrogen (secondary N) is 1. The standard InChI is InChI=1S/C30H29F2N7O3S/c1-30(2,3)42-29(40)37-27-14(7-33)21-24(34-9-18(31)26(21)43-27)20-17-12-41-11-16(17)15-8-35-28(36-23(15)22(20)32)39-10-13-6-19(39)25(13)38(4)5/h8-9,13,19,25H,6,10-12H2,1-5H3,(H,37,40)/t13-,19-,25+/m1/s1. The minimum atomic E-state index is -0.794. The number of likely N-dealkylation sites (N-methyl/N-ethyl adjacent to an activating group) is 1. The summed E-state index contributed by atoms with van der Waals surface area (Å²) < 4.78 is 43.1. The van der Waals surface area contributed by atoms with E-state index in [4.69, 9.17) is 14.5 Å². The van der Waals surface area contributed by atoms with Crippen LogP contribution in [0, 0.1) is 28.9 Å². The number of hydrogen-bond acceptors (Lipinski definition) is 10. The van der Waals surface area contributed by atoms with Crippen molar-refractivity contribution in [3.8, 4) is 17.3 Å². The molecule has 1 amide bonds. The van der Waals surface area contributed by atoms with Gasteiger partial charge in [0.25, 0.3) is 0 Å². The average Bonchev–Trinajstić information content (AvgIpc) is 3.70. The number of amides is 1. The zero-order chi connectivity index (χ0) is 30.4. The molecule has 3 atom stereocenters. The van der Waals surface area contributed by atoms with Crippen LogP contribution in [0.1, 0.15) is 43.9 Å². The van der Waals surface area contributed by atoms with Crippen molar-refractivity contribution in [1.82, 2.24) is 19.9 Å². The first-order valence-electron chi connectivity index (χ1n) is 14.0. The monoisotopic (exact) mass is 605 g/mol. The summed E-state index contributed by atoms with van der Waals surface area (Å²) in [6.07, 6.45) is 2.91. The van der Waals surface area contributed by atoms with Crippen molar-refractivity contribution in [3.63, 3.8) is 0 Å². The number of rotatable bonds is 4. The van der Waals surface area contributed by atoms with Crippen LogP contribution >= 0.6 is 11.3 Å². The minimum absolute atomic E-state index is 0.0324. The lowest BCUT2D eigenvalue weighted by molar-refractivity contribution is 0.0636. The predicted molar refractivity (Wildman–Crippen MR) is 158 cm³/mol. The minimum Gasteiger partial charge on any atom is -0.444 e. The highest BCUT2D eigenvalue weighted by Gasteiger charge is 2.53. The number of aromatic nitrogens is 3. The molecule has 13 heteroatoms. The molecule has 222 valence electrons. The van der Waals surface area contributed by atoms with Crippen LogP contribution in [-0.4, -0.2) is 64.3 Å². The third-order valence-electron chi connectivity index (χ3n) is 8.43. The van der Waals surface area contributed by atoms with Crippen LogP contribution in [0.15, 0.2) is 12.4 Å².